The van der Waals surface area contributed by atoms with Gasteiger partial charge in [0.1, 0.15) is 12.7 Å². The van der Waals surface area contributed by atoms with E-state index in [1.807, 2.05) is 0 Å². The molecule has 1 saturated heterocycles. The molecule has 12 atom stereocenters. The molecule has 0 amide bonds. The van der Waals surface area contributed by atoms with Gasteiger partial charge in [-0.3, -0.25) is 9.59 Å². The van der Waals surface area contributed by atoms with E-state index in [-0.39, 0.29) is 43.2 Å². The third kappa shape index (κ3) is 4.79. The molecular weight excluding hydrogens is 570 g/mol. The highest BCUT2D eigenvalue weighted by Gasteiger charge is 2.72. The Hall–Kier alpha value is -2.52. The fourth-order valence-electron chi connectivity index (χ4n) is 10.4. The third-order valence-corrected chi connectivity index (χ3v) is 12.3. The number of cyclic esters (lactones) is 1. The molecule has 5 fully saturated rings. The number of esters is 3. The number of carbonyl (C=O) groups excluding carboxylic acids is 3. The van der Waals surface area contributed by atoms with Gasteiger partial charge >= 0.3 is 17.9 Å². The number of nitriles is 1. The first-order chi connectivity index (χ1) is 20.7. The molecular formula is C33H45NO10. The van der Waals surface area contributed by atoms with Crippen molar-refractivity contribution in [2.75, 3.05) is 6.61 Å². The maximum absolute atomic E-state index is 12.5. The van der Waals surface area contributed by atoms with E-state index in [1.165, 1.54) is 13.8 Å². The van der Waals surface area contributed by atoms with Crippen LogP contribution in [0.5, 0.6) is 0 Å². The van der Waals surface area contributed by atoms with Gasteiger partial charge in [-0.2, -0.15) is 5.26 Å². The lowest BCUT2D eigenvalue weighted by atomic mass is 9.41. The van der Waals surface area contributed by atoms with Crippen molar-refractivity contribution in [2.24, 2.45) is 28.6 Å². The van der Waals surface area contributed by atoms with Crippen LogP contribution in [0, 0.1) is 39.9 Å². The zero-order valence-electron chi connectivity index (χ0n) is 26.1. The van der Waals surface area contributed by atoms with E-state index in [1.54, 1.807) is 13.0 Å². The van der Waals surface area contributed by atoms with Gasteiger partial charge in [0.15, 0.2) is 12.4 Å². The topological polar surface area (TPSA) is 162 Å². The molecule has 11 nitrogen and oxygen atoms in total. The summed E-state index contributed by atoms with van der Waals surface area (Å²) in [5.74, 6) is -1.56. The zero-order valence-corrected chi connectivity index (χ0v) is 26.1. The Morgan fingerprint density at radius 3 is 2.41 bits per heavy atom. The van der Waals surface area contributed by atoms with Crippen LogP contribution < -0.4 is 0 Å². The number of carbonyl (C=O) groups is 3. The molecule has 2 N–H and O–H groups in total. The standard InChI is InChI=1S/C33H45NO10/c1-18-29(43-20(3)36)26(42-19(2)35)14-28(41-18)44-22-5-10-31(17-34)24-6-9-30(4)23(21-13-27(37)40-16-21)8-12-33(30,39)25(24)7-11-32(31,38)15-22/h13,18,22-26,28-29,38-39H,5-12,14-16H2,1-4H3/t18-,22-,23+,24+,25-,26-,28+,29-,30-,31+,32+,33+/m1/s1. The van der Waals surface area contributed by atoms with E-state index in [0.29, 0.717) is 44.9 Å². The molecule has 6 aliphatic rings. The van der Waals surface area contributed by atoms with Gasteiger partial charge in [-0.25, -0.2) is 4.79 Å². The van der Waals surface area contributed by atoms with Crippen LogP contribution in [0.25, 0.3) is 0 Å². The van der Waals surface area contributed by atoms with Crippen LogP contribution in [0.15, 0.2) is 11.6 Å². The molecule has 2 heterocycles. The summed E-state index contributed by atoms with van der Waals surface area (Å²) in [6, 6.07) is 2.59. The summed E-state index contributed by atoms with van der Waals surface area (Å²) in [4.78, 5) is 35.3. The molecule has 4 aliphatic carbocycles. The number of nitrogens with zero attached hydrogens (tertiary/aromatic N) is 1. The van der Waals surface area contributed by atoms with E-state index in [4.69, 9.17) is 23.7 Å². The fourth-order valence-corrected chi connectivity index (χ4v) is 10.4. The predicted molar refractivity (Wildman–Crippen MR) is 152 cm³/mol. The van der Waals surface area contributed by atoms with E-state index in [9.17, 15) is 29.9 Å². The normalized spacial score (nSPS) is 48.1. The molecule has 0 spiro atoms. The van der Waals surface area contributed by atoms with Gasteiger partial charge in [0, 0.05) is 38.2 Å². The molecule has 0 bridgehead atoms. The maximum Gasteiger partial charge on any atom is 0.331 e. The first kappa shape index (κ1) is 31.5. The number of rotatable bonds is 5. The number of hydrogen-bond donors (Lipinski definition) is 2. The second-order valence-electron chi connectivity index (χ2n) is 14.4. The number of ether oxygens (including phenoxy) is 5. The Bertz CT molecular complexity index is 1280. The fraction of sp³-hybridized carbons (Fsp3) is 0.818. The molecule has 2 aliphatic heterocycles. The Kier molecular flexibility index (Phi) is 7.92. The van der Waals surface area contributed by atoms with Crippen molar-refractivity contribution in [2.45, 2.75) is 134 Å². The zero-order chi connectivity index (χ0) is 31.7. The molecule has 242 valence electrons. The molecule has 0 unspecified atom stereocenters. The molecule has 4 saturated carbocycles. The molecule has 44 heavy (non-hydrogen) atoms. The minimum absolute atomic E-state index is 0.0528. The summed E-state index contributed by atoms with van der Waals surface area (Å²) in [7, 11) is 0. The molecule has 11 heteroatoms. The third-order valence-electron chi connectivity index (χ3n) is 12.3. The first-order valence-corrected chi connectivity index (χ1v) is 16.1. The number of hydrogen-bond acceptors (Lipinski definition) is 11. The predicted octanol–water partition coefficient (Wildman–Crippen LogP) is 3.25. The maximum atomic E-state index is 12.5. The minimum Gasteiger partial charge on any atom is -0.458 e. The van der Waals surface area contributed by atoms with Crippen molar-refractivity contribution in [1.29, 1.82) is 5.26 Å². The lowest BCUT2D eigenvalue weighted by Gasteiger charge is -2.64. The Balaban J connectivity index is 1.18. The highest BCUT2D eigenvalue weighted by molar-refractivity contribution is 5.85. The highest BCUT2D eigenvalue weighted by Crippen LogP contribution is 2.70. The second kappa shape index (κ2) is 11.1. The second-order valence-corrected chi connectivity index (χ2v) is 14.4. The van der Waals surface area contributed by atoms with E-state index in [0.717, 1.165) is 12.0 Å². The van der Waals surface area contributed by atoms with Crippen molar-refractivity contribution in [3.63, 3.8) is 0 Å². The summed E-state index contributed by atoms with van der Waals surface area (Å²) >= 11 is 0. The molecule has 0 aromatic rings. The van der Waals surface area contributed by atoms with Crippen LogP contribution >= 0.6 is 0 Å². The summed E-state index contributed by atoms with van der Waals surface area (Å²) in [6.07, 6.45) is 3.53. The highest BCUT2D eigenvalue weighted by atomic mass is 16.7. The van der Waals surface area contributed by atoms with Crippen LogP contribution in [-0.4, -0.2) is 76.6 Å². The molecule has 0 aromatic carbocycles. The number of aliphatic hydroxyl groups is 2. The van der Waals surface area contributed by atoms with Crippen LogP contribution in [0.3, 0.4) is 0 Å². The smallest absolute Gasteiger partial charge is 0.331 e. The van der Waals surface area contributed by atoms with Crippen LogP contribution in [0.4, 0.5) is 0 Å². The minimum atomic E-state index is -1.29. The van der Waals surface area contributed by atoms with Crippen molar-refractivity contribution in [1.82, 2.24) is 0 Å². The van der Waals surface area contributed by atoms with Gasteiger partial charge in [0.25, 0.3) is 0 Å². The Morgan fingerprint density at radius 1 is 1.02 bits per heavy atom. The summed E-state index contributed by atoms with van der Waals surface area (Å²) < 4.78 is 28.5. The number of fused-ring (bicyclic) bond motifs is 5. The summed E-state index contributed by atoms with van der Waals surface area (Å²) in [5, 5.41) is 35.5. The Labute approximate surface area is 258 Å². The lowest BCUT2D eigenvalue weighted by molar-refractivity contribution is -0.287. The quantitative estimate of drug-likeness (QED) is 0.265. The van der Waals surface area contributed by atoms with E-state index in [2.05, 4.69) is 13.0 Å². The van der Waals surface area contributed by atoms with Crippen molar-refractivity contribution in [3.05, 3.63) is 11.6 Å². The van der Waals surface area contributed by atoms with Gasteiger partial charge in [0.2, 0.25) is 0 Å². The lowest BCUT2D eigenvalue weighted by Crippen LogP contribution is -2.68. The van der Waals surface area contributed by atoms with Crippen LogP contribution in [0.1, 0.15) is 91.9 Å². The molecule has 0 aromatic heterocycles. The van der Waals surface area contributed by atoms with Gasteiger partial charge in [0.05, 0.1) is 34.9 Å². The van der Waals surface area contributed by atoms with Gasteiger partial charge in [-0.05, 0) is 81.6 Å². The monoisotopic (exact) mass is 615 g/mol. The first-order valence-electron chi connectivity index (χ1n) is 16.1. The van der Waals surface area contributed by atoms with Crippen LogP contribution in [0.2, 0.25) is 0 Å². The van der Waals surface area contributed by atoms with Crippen molar-refractivity contribution < 1.29 is 48.3 Å². The van der Waals surface area contributed by atoms with Crippen LogP contribution in [-0.2, 0) is 38.1 Å². The van der Waals surface area contributed by atoms with Gasteiger partial charge in [-0.15, -0.1) is 0 Å². The average molecular weight is 616 g/mol. The largest absolute Gasteiger partial charge is 0.458 e. The van der Waals surface area contributed by atoms with E-state index >= 15 is 0 Å². The van der Waals surface area contributed by atoms with Gasteiger partial charge in [-0.1, -0.05) is 6.92 Å². The summed E-state index contributed by atoms with van der Waals surface area (Å²) in [5.41, 5.74) is -2.78. The average Bonchev–Trinajstić information content (AvgIpc) is 3.49. The summed E-state index contributed by atoms with van der Waals surface area (Å²) in [6.45, 7) is 6.74. The van der Waals surface area contributed by atoms with Crippen molar-refractivity contribution in [3.8, 4) is 6.07 Å². The Morgan fingerprint density at radius 2 is 1.75 bits per heavy atom. The van der Waals surface area contributed by atoms with Gasteiger partial charge < -0.3 is 33.9 Å². The van der Waals surface area contributed by atoms with E-state index < -0.39 is 64.7 Å². The molecule has 6 rings (SSSR count). The SMILES string of the molecule is CC(=O)O[C@@H]1[C@@H](C)O[C@@H](O[C@@H]2CC[C@]3(C#N)[C@H]4CC[C@]5(C)[C@H](C6=CC(=O)OC6)CC[C@]5(O)[C@@H]4CC[C@]3(O)C2)C[C@H]1OC(C)=O. The molecule has 0 radical (unpaired) electrons. The van der Waals surface area contributed by atoms with Crippen molar-refractivity contribution >= 4 is 17.9 Å².